The number of amides is 1. The molecule has 2 aromatic rings. The minimum Gasteiger partial charge on any atom is -0.465 e. The molecule has 6 nitrogen and oxygen atoms in total. The molecule has 1 N–H and O–H groups in total. The topological polar surface area (TPSA) is 81.2 Å². The third-order valence-corrected chi connectivity index (χ3v) is 7.77. The molecular weight excluding hydrogens is 394 g/mol. The van der Waals surface area contributed by atoms with Gasteiger partial charge in [-0.25, -0.2) is 4.79 Å². The molecule has 28 heavy (non-hydrogen) atoms. The van der Waals surface area contributed by atoms with Crippen molar-refractivity contribution in [3.05, 3.63) is 35.4 Å². The van der Waals surface area contributed by atoms with E-state index in [4.69, 9.17) is 4.74 Å². The highest BCUT2D eigenvalue weighted by atomic mass is 32.2. The average molecular weight is 418 g/mol. The zero-order valence-corrected chi connectivity index (χ0v) is 17.4. The number of ether oxygens (including phenoxy) is 1. The van der Waals surface area contributed by atoms with Crippen LogP contribution in [0.5, 0.6) is 0 Å². The Morgan fingerprint density at radius 1 is 1.21 bits per heavy atom. The first-order chi connectivity index (χ1) is 13.6. The van der Waals surface area contributed by atoms with Crippen molar-refractivity contribution in [2.75, 3.05) is 12.4 Å². The van der Waals surface area contributed by atoms with E-state index in [9.17, 15) is 9.59 Å². The van der Waals surface area contributed by atoms with E-state index in [1.807, 2.05) is 12.1 Å². The Kier molecular flexibility index (Phi) is 5.96. The Morgan fingerprint density at radius 3 is 2.71 bits per heavy atom. The van der Waals surface area contributed by atoms with Crippen LogP contribution in [0.2, 0.25) is 0 Å². The highest BCUT2D eigenvalue weighted by Crippen LogP contribution is 2.49. The van der Waals surface area contributed by atoms with Crippen LogP contribution in [0.4, 0.5) is 5.13 Å². The van der Waals surface area contributed by atoms with Gasteiger partial charge in [0.1, 0.15) is 0 Å². The quantitative estimate of drug-likeness (QED) is 0.409. The van der Waals surface area contributed by atoms with Gasteiger partial charge in [-0.3, -0.25) is 4.79 Å². The zero-order chi connectivity index (χ0) is 19.5. The SMILES string of the molecule is COC(=O)c1ccc(CSc2nnc(NC(=O)CC3CC4CCC3C4)s2)cc1. The van der Waals surface area contributed by atoms with Gasteiger partial charge in [0.15, 0.2) is 4.34 Å². The molecule has 0 saturated heterocycles. The molecule has 1 aromatic carbocycles. The number of carbonyl (C=O) groups excluding carboxylic acids is 2. The molecule has 2 aliphatic rings. The van der Waals surface area contributed by atoms with Gasteiger partial charge in [-0.1, -0.05) is 41.7 Å². The van der Waals surface area contributed by atoms with Gasteiger partial charge in [0.2, 0.25) is 11.0 Å². The van der Waals surface area contributed by atoms with E-state index < -0.39 is 0 Å². The number of carbonyl (C=O) groups is 2. The van der Waals surface area contributed by atoms with E-state index >= 15 is 0 Å². The first-order valence-corrected chi connectivity index (χ1v) is 11.3. The molecule has 2 fully saturated rings. The highest BCUT2D eigenvalue weighted by molar-refractivity contribution is 8.00. The summed E-state index contributed by atoms with van der Waals surface area (Å²) in [7, 11) is 1.37. The van der Waals surface area contributed by atoms with Crippen LogP contribution in [0, 0.1) is 17.8 Å². The number of thioether (sulfide) groups is 1. The predicted octanol–water partition coefficient (Wildman–Crippen LogP) is 4.38. The van der Waals surface area contributed by atoms with Crippen LogP contribution in [-0.2, 0) is 15.3 Å². The monoisotopic (exact) mass is 417 g/mol. The summed E-state index contributed by atoms with van der Waals surface area (Å²) in [4.78, 5) is 23.8. The van der Waals surface area contributed by atoms with Crippen molar-refractivity contribution in [1.29, 1.82) is 0 Å². The first kappa shape index (κ1) is 19.4. The van der Waals surface area contributed by atoms with Gasteiger partial charge < -0.3 is 10.1 Å². The second-order valence-corrected chi connectivity index (χ2v) is 9.74. The van der Waals surface area contributed by atoms with Gasteiger partial charge in [-0.2, -0.15) is 0 Å². The fraction of sp³-hybridized carbons (Fsp3) is 0.500. The number of esters is 1. The summed E-state index contributed by atoms with van der Waals surface area (Å²) in [5.41, 5.74) is 1.61. The molecule has 4 rings (SSSR count). The summed E-state index contributed by atoms with van der Waals surface area (Å²) in [6.45, 7) is 0. The summed E-state index contributed by atoms with van der Waals surface area (Å²) in [6.07, 6.45) is 5.78. The van der Waals surface area contributed by atoms with Gasteiger partial charge in [-0.15, -0.1) is 10.2 Å². The summed E-state index contributed by atoms with van der Waals surface area (Å²) in [5, 5.41) is 11.7. The molecule has 0 radical (unpaired) electrons. The maximum Gasteiger partial charge on any atom is 0.337 e. The second-order valence-electron chi connectivity index (χ2n) is 7.54. The Labute approximate surface area is 172 Å². The van der Waals surface area contributed by atoms with E-state index in [0.717, 1.165) is 27.5 Å². The number of aromatic nitrogens is 2. The number of nitrogens with zero attached hydrogens (tertiary/aromatic N) is 2. The molecule has 0 aliphatic heterocycles. The van der Waals surface area contributed by atoms with Crippen molar-refractivity contribution >= 4 is 40.1 Å². The third-order valence-electron chi connectivity index (χ3n) is 5.72. The van der Waals surface area contributed by atoms with Gasteiger partial charge in [-0.05, 0) is 54.7 Å². The van der Waals surface area contributed by atoms with Crippen molar-refractivity contribution < 1.29 is 14.3 Å². The lowest BCUT2D eigenvalue weighted by atomic mass is 9.86. The molecule has 2 saturated carbocycles. The predicted molar refractivity (Wildman–Crippen MR) is 109 cm³/mol. The molecule has 1 amide bonds. The van der Waals surface area contributed by atoms with Crippen LogP contribution in [0.25, 0.3) is 0 Å². The molecule has 3 unspecified atom stereocenters. The Morgan fingerprint density at radius 2 is 2.04 bits per heavy atom. The number of hydrogen-bond donors (Lipinski definition) is 1. The lowest BCUT2D eigenvalue weighted by Gasteiger charge is -2.20. The third kappa shape index (κ3) is 4.55. The maximum absolute atomic E-state index is 12.3. The van der Waals surface area contributed by atoms with Crippen LogP contribution < -0.4 is 5.32 Å². The summed E-state index contributed by atoms with van der Waals surface area (Å²) in [5.74, 6) is 2.59. The number of nitrogens with one attached hydrogen (secondary N) is 1. The molecule has 1 aromatic heterocycles. The fourth-order valence-electron chi connectivity index (χ4n) is 4.35. The van der Waals surface area contributed by atoms with E-state index in [1.165, 1.54) is 44.1 Å². The van der Waals surface area contributed by atoms with Gasteiger partial charge in [0.25, 0.3) is 0 Å². The van der Waals surface area contributed by atoms with Crippen molar-refractivity contribution in [3.8, 4) is 0 Å². The lowest BCUT2D eigenvalue weighted by Crippen LogP contribution is -2.20. The minimum atomic E-state index is -0.339. The smallest absolute Gasteiger partial charge is 0.337 e. The molecule has 8 heteroatoms. The van der Waals surface area contributed by atoms with E-state index in [-0.39, 0.29) is 11.9 Å². The van der Waals surface area contributed by atoms with Crippen molar-refractivity contribution in [3.63, 3.8) is 0 Å². The van der Waals surface area contributed by atoms with Crippen LogP contribution in [0.3, 0.4) is 0 Å². The van der Waals surface area contributed by atoms with E-state index in [0.29, 0.717) is 23.0 Å². The Hall–Kier alpha value is -1.93. The van der Waals surface area contributed by atoms with Crippen molar-refractivity contribution in [2.45, 2.75) is 42.2 Å². The largest absolute Gasteiger partial charge is 0.465 e. The average Bonchev–Trinajstić information content (AvgIpc) is 3.43. The Bertz CT molecular complexity index is 853. The highest BCUT2D eigenvalue weighted by Gasteiger charge is 2.40. The van der Waals surface area contributed by atoms with E-state index in [2.05, 4.69) is 15.5 Å². The Balaban J connectivity index is 1.25. The van der Waals surface area contributed by atoms with Crippen molar-refractivity contribution in [1.82, 2.24) is 10.2 Å². The van der Waals surface area contributed by atoms with Gasteiger partial charge >= 0.3 is 5.97 Å². The number of methoxy groups -OCH3 is 1. The van der Waals surface area contributed by atoms with Crippen LogP contribution in [-0.4, -0.2) is 29.2 Å². The fourth-order valence-corrected chi connectivity index (χ4v) is 6.08. The second kappa shape index (κ2) is 8.61. The molecule has 2 bridgehead atoms. The molecule has 148 valence electrons. The van der Waals surface area contributed by atoms with Crippen molar-refractivity contribution in [2.24, 2.45) is 17.8 Å². The number of hydrogen-bond acceptors (Lipinski definition) is 7. The minimum absolute atomic E-state index is 0.0589. The normalized spacial score (nSPS) is 23.0. The maximum atomic E-state index is 12.3. The number of anilines is 1. The molecule has 0 spiro atoms. The number of benzene rings is 1. The van der Waals surface area contributed by atoms with Crippen LogP contribution >= 0.6 is 23.1 Å². The van der Waals surface area contributed by atoms with Gasteiger partial charge in [0.05, 0.1) is 12.7 Å². The van der Waals surface area contributed by atoms with Crippen LogP contribution in [0.15, 0.2) is 28.6 Å². The molecule has 3 atom stereocenters. The standard InChI is InChI=1S/C20H23N3O3S2/c1-26-18(25)14-5-2-12(3-6-14)11-27-20-23-22-19(28-20)21-17(24)10-16-9-13-4-7-15(16)8-13/h2-3,5-6,13,15-16H,4,7-11H2,1H3,(H,21,22,24). The summed E-state index contributed by atoms with van der Waals surface area (Å²) in [6, 6.07) is 7.31. The van der Waals surface area contributed by atoms with E-state index in [1.54, 1.807) is 23.9 Å². The molecule has 2 aliphatic carbocycles. The first-order valence-electron chi connectivity index (χ1n) is 9.54. The molecule has 1 heterocycles. The number of rotatable bonds is 7. The zero-order valence-electron chi connectivity index (χ0n) is 15.7. The number of fused-ring (bicyclic) bond motifs is 2. The summed E-state index contributed by atoms with van der Waals surface area (Å²) >= 11 is 2.96. The van der Waals surface area contributed by atoms with Gasteiger partial charge in [0, 0.05) is 12.2 Å². The summed E-state index contributed by atoms with van der Waals surface area (Å²) < 4.78 is 5.51. The molecular formula is C20H23N3O3S2. The lowest BCUT2D eigenvalue weighted by molar-refractivity contribution is -0.117. The van der Waals surface area contributed by atoms with Crippen LogP contribution in [0.1, 0.15) is 48.0 Å².